The number of thiophene rings is 1. The van der Waals surface area contributed by atoms with Crippen LogP contribution in [0.25, 0.3) is 0 Å². The fraction of sp³-hybridized carbons (Fsp3) is 0.250. The number of ether oxygens (including phenoxy) is 1. The lowest BCUT2D eigenvalue weighted by molar-refractivity contribution is 0.175. The van der Waals surface area contributed by atoms with Crippen molar-refractivity contribution in [2.75, 3.05) is 7.11 Å². The fourth-order valence-corrected chi connectivity index (χ4v) is 3.12. The molecule has 1 N–H and O–H groups in total. The van der Waals surface area contributed by atoms with Gasteiger partial charge in [-0.15, -0.1) is 11.3 Å². The highest BCUT2D eigenvalue weighted by Crippen LogP contribution is 2.30. The van der Waals surface area contributed by atoms with Crippen molar-refractivity contribution < 1.29 is 9.84 Å². The first kappa shape index (κ1) is 12.5. The first-order valence-electron chi connectivity index (χ1n) is 5.11. The Hall–Kier alpha value is -0.910. The van der Waals surface area contributed by atoms with Gasteiger partial charge < -0.3 is 9.84 Å². The van der Waals surface area contributed by atoms with Crippen LogP contribution < -0.4 is 4.74 Å². The predicted octanol–water partition coefficient (Wildman–Crippen LogP) is 3.19. The second-order valence-corrected chi connectivity index (χ2v) is 6.09. The normalized spacial score (nSPS) is 12.4. The lowest BCUT2D eigenvalue weighted by atomic mass is 10.1. The number of hydrogen-bond acceptors (Lipinski definition) is 4. The molecule has 0 aromatic carbocycles. The highest BCUT2D eigenvalue weighted by atomic mass is 79.9. The number of aromatic nitrogens is 1. The van der Waals surface area contributed by atoms with E-state index in [1.807, 2.05) is 12.1 Å². The summed E-state index contributed by atoms with van der Waals surface area (Å²) in [5.74, 6) is 0.621. The summed E-state index contributed by atoms with van der Waals surface area (Å²) in [7, 11) is 1.58. The molecule has 17 heavy (non-hydrogen) atoms. The van der Waals surface area contributed by atoms with E-state index in [1.165, 1.54) is 0 Å². The minimum atomic E-state index is -0.571. The minimum Gasteiger partial charge on any atom is -0.495 e. The maximum absolute atomic E-state index is 10.2. The Morgan fingerprint density at radius 1 is 1.47 bits per heavy atom. The molecule has 0 aliphatic heterocycles. The standard InChI is InChI=1S/C12H12BrNO2S/c1-16-11-7-14-5-4-9(11)10(15)6-8-2-3-12(13)17-8/h2-5,7,10,15H,6H2,1H3. The molecule has 1 unspecified atom stereocenters. The van der Waals surface area contributed by atoms with Gasteiger partial charge in [0.15, 0.2) is 0 Å². The molecule has 5 heteroatoms. The average Bonchev–Trinajstić information content (AvgIpc) is 2.74. The predicted molar refractivity (Wildman–Crippen MR) is 71.5 cm³/mol. The number of aliphatic hydroxyl groups excluding tert-OH is 1. The molecule has 0 fully saturated rings. The zero-order valence-corrected chi connectivity index (χ0v) is 11.7. The third kappa shape index (κ3) is 3.06. The lowest BCUT2D eigenvalue weighted by Gasteiger charge is -2.13. The molecule has 0 aliphatic rings. The molecule has 2 aromatic heterocycles. The first-order chi connectivity index (χ1) is 8.20. The molecular weight excluding hydrogens is 302 g/mol. The Labute approximate surface area is 112 Å². The van der Waals surface area contributed by atoms with E-state index in [1.54, 1.807) is 36.9 Å². The van der Waals surface area contributed by atoms with Gasteiger partial charge >= 0.3 is 0 Å². The Morgan fingerprint density at radius 3 is 2.94 bits per heavy atom. The molecule has 0 bridgehead atoms. The van der Waals surface area contributed by atoms with Crippen LogP contribution in [0.4, 0.5) is 0 Å². The van der Waals surface area contributed by atoms with Gasteiger partial charge in [-0.3, -0.25) is 4.98 Å². The van der Waals surface area contributed by atoms with Gasteiger partial charge in [0.05, 0.1) is 23.2 Å². The SMILES string of the molecule is COc1cnccc1C(O)Cc1ccc(Br)s1. The molecule has 2 rings (SSSR count). The summed E-state index contributed by atoms with van der Waals surface area (Å²) >= 11 is 5.03. The topological polar surface area (TPSA) is 42.4 Å². The van der Waals surface area contributed by atoms with E-state index in [-0.39, 0.29) is 0 Å². The molecule has 90 valence electrons. The monoisotopic (exact) mass is 313 g/mol. The first-order valence-corrected chi connectivity index (χ1v) is 6.72. The van der Waals surface area contributed by atoms with Crippen LogP contribution in [0, 0.1) is 0 Å². The van der Waals surface area contributed by atoms with Crippen LogP contribution in [-0.4, -0.2) is 17.2 Å². The van der Waals surface area contributed by atoms with Crippen molar-refractivity contribution >= 4 is 27.3 Å². The molecule has 0 saturated carbocycles. The Morgan fingerprint density at radius 2 is 2.29 bits per heavy atom. The Kier molecular flexibility index (Phi) is 4.15. The van der Waals surface area contributed by atoms with Crippen LogP contribution >= 0.6 is 27.3 Å². The zero-order chi connectivity index (χ0) is 12.3. The third-order valence-corrected chi connectivity index (χ3v) is 4.06. The van der Waals surface area contributed by atoms with Crippen molar-refractivity contribution in [1.29, 1.82) is 0 Å². The van der Waals surface area contributed by atoms with Crippen LogP contribution in [0.5, 0.6) is 5.75 Å². The summed E-state index contributed by atoms with van der Waals surface area (Å²) in [4.78, 5) is 5.10. The highest BCUT2D eigenvalue weighted by Gasteiger charge is 2.14. The van der Waals surface area contributed by atoms with Gasteiger partial charge in [0, 0.05) is 23.1 Å². The summed E-state index contributed by atoms with van der Waals surface area (Å²) in [6.45, 7) is 0. The maximum atomic E-state index is 10.2. The summed E-state index contributed by atoms with van der Waals surface area (Å²) < 4.78 is 6.25. The number of pyridine rings is 1. The summed E-state index contributed by atoms with van der Waals surface area (Å²) in [6.07, 6.45) is 3.28. The van der Waals surface area contributed by atoms with Crippen molar-refractivity contribution in [2.24, 2.45) is 0 Å². The second kappa shape index (κ2) is 5.62. The van der Waals surface area contributed by atoms with Crippen molar-refractivity contribution in [2.45, 2.75) is 12.5 Å². The van der Waals surface area contributed by atoms with Crippen LogP contribution in [0.3, 0.4) is 0 Å². The molecule has 0 aliphatic carbocycles. The van der Waals surface area contributed by atoms with E-state index >= 15 is 0 Å². The van der Waals surface area contributed by atoms with Gasteiger partial charge in [-0.25, -0.2) is 0 Å². The molecule has 0 amide bonds. The van der Waals surface area contributed by atoms with Gasteiger partial charge in [0.25, 0.3) is 0 Å². The lowest BCUT2D eigenvalue weighted by Crippen LogP contribution is -2.03. The molecule has 1 atom stereocenters. The van der Waals surface area contributed by atoms with Crippen molar-refractivity contribution in [3.63, 3.8) is 0 Å². The quantitative estimate of drug-likeness (QED) is 0.942. The molecule has 2 aromatic rings. The number of methoxy groups -OCH3 is 1. The van der Waals surface area contributed by atoms with Gasteiger partial charge in [-0.1, -0.05) is 0 Å². The smallest absolute Gasteiger partial charge is 0.142 e. The largest absolute Gasteiger partial charge is 0.495 e. The zero-order valence-electron chi connectivity index (χ0n) is 9.26. The number of hydrogen-bond donors (Lipinski definition) is 1. The Bertz CT molecular complexity index is 501. The van der Waals surface area contributed by atoms with Crippen LogP contribution in [-0.2, 0) is 6.42 Å². The maximum Gasteiger partial charge on any atom is 0.142 e. The fourth-order valence-electron chi connectivity index (χ4n) is 1.60. The summed E-state index contributed by atoms with van der Waals surface area (Å²) in [5, 5.41) is 10.2. The molecule has 0 spiro atoms. The summed E-state index contributed by atoms with van der Waals surface area (Å²) in [6, 6.07) is 5.77. The number of nitrogens with zero attached hydrogens (tertiary/aromatic N) is 1. The Balaban J connectivity index is 2.16. The van der Waals surface area contributed by atoms with Crippen molar-refractivity contribution in [1.82, 2.24) is 4.98 Å². The minimum absolute atomic E-state index is 0.571. The van der Waals surface area contributed by atoms with Gasteiger partial charge in [0.2, 0.25) is 0 Å². The van der Waals surface area contributed by atoms with Gasteiger partial charge in [-0.05, 0) is 34.1 Å². The highest BCUT2D eigenvalue weighted by molar-refractivity contribution is 9.11. The number of aliphatic hydroxyl groups is 1. The molecular formula is C12H12BrNO2S. The van der Waals surface area contributed by atoms with Crippen molar-refractivity contribution in [3.8, 4) is 5.75 Å². The van der Waals surface area contributed by atoms with Crippen molar-refractivity contribution in [3.05, 3.63) is 44.8 Å². The van der Waals surface area contributed by atoms with E-state index in [4.69, 9.17) is 4.74 Å². The number of halogens is 1. The van der Waals surface area contributed by atoms with Gasteiger partial charge in [0.1, 0.15) is 5.75 Å². The van der Waals surface area contributed by atoms with E-state index < -0.39 is 6.10 Å². The second-order valence-electron chi connectivity index (χ2n) is 3.54. The number of rotatable bonds is 4. The third-order valence-electron chi connectivity index (χ3n) is 2.42. The van der Waals surface area contributed by atoms with E-state index in [0.717, 1.165) is 14.2 Å². The van der Waals surface area contributed by atoms with E-state index in [2.05, 4.69) is 20.9 Å². The van der Waals surface area contributed by atoms with Crippen LogP contribution in [0.15, 0.2) is 34.4 Å². The molecule has 3 nitrogen and oxygen atoms in total. The average molecular weight is 314 g/mol. The summed E-state index contributed by atoms with van der Waals surface area (Å²) in [5.41, 5.74) is 0.770. The molecule has 0 radical (unpaired) electrons. The van der Waals surface area contributed by atoms with E-state index in [9.17, 15) is 5.11 Å². The van der Waals surface area contributed by atoms with Crippen LogP contribution in [0.1, 0.15) is 16.5 Å². The van der Waals surface area contributed by atoms with E-state index in [0.29, 0.717) is 12.2 Å². The van der Waals surface area contributed by atoms with Gasteiger partial charge in [-0.2, -0.15) is 0 Å². The van der Waals surface area contributed by atoms with Crippen LogP contribution in [0.2, 0.25) is 0 Å². The molecule has 2 heterocycles. The molecule has 0 saturated heterocycles.